The highest BCUT2D eigenvalue weighted by atomic mass is 16.5. The van der Waals surface area contributed by atoms with E-state index in [0.29, 0.717) is 6.10 Å². The summed E-state index contributed by atoms with van der Waals surface area (Å²) in [4.78, 5) is 7.21. The van der Waals surface area contributed by atoms with Gasteiger partial charge in [-0.3, -0.25) is 4.99 Å². The molecule has 0 bridgehead atoms. The zero-order chi connectivity index (χ0) is 20.0. The minimum atomic E-state index is 0.365. The third kappa shape index (κ3) is 8.07. The van der Waals surface area contributed by atoms with Gasteiger partial charge in [-0.15, -0.1) is 0 Å². The Hall–Kier alpha value is -1.79. The van der Waals surface area contributed by atoms with Crippen molar-refractivity contribution in [3.8, 4) is 5.75 Å². The van der Waals surface area contributed by atoms with Crippen LogP contribution in [-0.4, -0.2) is 70.6 Å². The summed E-state index contributed by atoms with van der Waals surface area (Å²) in [6, 6.07) is 8.28. The van der Waals surface area contributed by atoms with Crippen LogP contribution in [-0.2, 0) is 15.9 Å². The number of piperidine rings is 1. The molecule has 1 saturated heterocycles. The first-order valence-electron chi connectivity index (χ1n) is 10.5. The molecule has 1 aromatic rings. The summed E-state index contributed by atoms with van der Waals surface area (Å²) in [5.74, 6) is 1.95. The van der Waals surface area contributed by atoms with E-state index in [0.717, 1.165) is 83.2 Å². The van der Waals surface area contributed by atoms with Gasteiger partial charge in [0.15, 0.2) is 5.96 Å². The Morgan fingerprint density at radius 1 is 1.18 bits per heavy atom. The van der Waals surface area contributed by atoms with Crippen LogP contribution in [0.3, 0.4) is 0 Å². The average Bonchev–Trinajstić information content (AvgIpc) is 2.74. The van der Waals surface area contributed by atoms with E-state index >= 15 is 0 Å². The van der Waals surface area contributed by atoms with Crippen LogP contribution < -0.4 is 10.1 Å². The van der Waals surface area contributed by atoms with Crippen LogP contribution in [0.5, 0.6) is 5.75 Å². The zero-order valence-corrected chi connectivity index (χ0v) is 17.8. The van der Waals surface area contributed by atoms with Crippen LogP contribution in [0, 0.1) is 0 Å². The molecule has 0 atom stereocenters. The number of ether oxygens (including phenoxy) is 3. The van der Waals surface area contributed by atoms with Crippen molar-refractivity contribution in [1.82, 2.24) is 10.2 Å². The van der Waals surface area contributed by atoms with E-state index in [9.17, 15) is 0 Å². The van der Waals surface area contributed by atoms with Crippen molar-refractivity contribution < 1.29 is 14.2 Å². The van der Waals surface area contributed by atoms with E-state index in [2.05, 4.69) is 29.3 Å². The van der Waals surface area contributed by atoms with Crippen LogP contribution in [0.15, 0.2) is 29.3 Å². The Morgan fingerprint density at radius 2 is 2.00 bits per heavy atom. The lowest BCUT2D eigenvalue weighted by molar-refractivity contribution is 0.00990. The fourth-order valence-corrected chi connectivity index (χ4v) is 3.41. The van der Waals surface area contributed by atoms with Gasteiger partial charge < -0.3 is 24.4 Å². The van der Waals surface area contributed by atoms with Crippen molar-refractivity contribution in [3.05, 3.63) is 29.8 Å². The standard InChI is InChI=1S/C22H37N3O3/c1-4-23-22(24-13-6-9-19-8-5-10-21(18-19)27-3)25-14-11-20(12-15-25)28-17-7-16-26-2/h5,8,10,18,20H,4,6-7,9,11-17H2,1-3H3,(H,23,24). The molecule has 158 valence electrons. The van der Waals surface area contributed by atoms with Crippen LogP contribution >= 0.6 is 0 Å². The topological polar surface area (TPSA) is 55.3 Å². The first-order chi connectivity index (χ1) is 13.8. The third-order valence-electron chi connectivity index (χ3n) is 4.94. The molecule has 0 saturated carbocycles. The molecule has 0 aromatic heterocycles. The summed E-state index contributed by atoms with van der Waals surface area (Å²) < 4.78 is 16.3. The summed E-state index contributed by atoms with van der Waals surface area (Å²) in [6.07, 6.45) is 5.49. The van der Waals surface area contributed by atoms with Gasteiger partial charge in [-0.25, -0.2) is 0 Å². The lowest BCUT2D eigenvalue weighted by atomic mass is 10.1. The number of methoxy groups -OCH3 is 2. The predicted octanol–water partition coefficient (Wildman–Crippen LogP) is 3.11. The van der Waals surface area contributed by atoms with Gasteiger partial charge >= 0.3 is 0 Å². The molecule has 0 amide bonds. The molecule has 0 spiro atoms. The molecule has 2 rings (SSSR count). The highest BCUT2D eigenvalue weighted by Crippen LogP contribution is 2.15. The number of hydrogen-bond donors (Lipinski definition) is 1. The molecule has 1 aromatic carbocycles. The van der Waals surface area contributed by atoms with Gasteiger partial charge in [-0.1, -0.05) is 12.1 Å². The van der Waals surface area contributed by atoms with Gasteiger partial charge in [0.25, 0.3) is 0 Å². The van der Waals surface area contributed by atoms with Crippen LogP contribution in [0.25, 0.3) is 0 Å². The summed E-state index contributed by atoms with van der Waals surface area (Å²) in [7, 11) is 3.44. The lowest BCUT2D eigenvalue weighted by Gasteiger charge is -2.34. The SMILES string of the molecule is CCNC(=NCCCc1cccc(OC)c1)N1CCC(OCCCOC)CC1. The Labute approximate surface area is 170 Å². The quantitative estimate of drug-likeness (QED) is 0.357. The molecule has 1 heterocycles. The van der Waals surface area contributed by atoms with E-state index in [1.54, 1.807) is 14.2 Å². The molecule has 0 unspecified atom stereocenters. The molecule has 0 aliphatic carbocycles. The number of aryl methyl sites for hydroxylation is 1. The van der Waals surface area contributed by atoms with Crippen LogP contribution in [0.1, 0.15) is 38.2 Å². The van der Waals surface area contributed by atoms with Crippen molar-refractivity contribution in [2.45, 2.75) is 45.1 Å². The number of hydrogen-bond acceptors (Lipinski definition) is 4. The second-order valence-electron chi connectivity index (χ2n) is 7.09. The van der Waals surface area contributed by atoms with Crippen LogP contribution in [0.4, 0.5) is 0 Å². The summed E-state index contributed by atoms with van der Waals surface area (Å²) >= 11 is 0. The maximum atomic E-state index is 5.96. The lowest BCUT2D eigenvalue weighted by Crippen LogP contribution is -2.47. The average molecular weight is 392 g/mol. The first kappa shape index (κ1) is 22.5. The Balaban J connectivity index is 1.74. The maximum Gasteiger partial charge on any atom is 0.193 e. The number of rotatable bonds is 11. The normalized spacial score (nSPS) is 15.7. The van der Waals surface area contributed by atoms with Gasteiger partial charge in [0, 0.05) is 46.5 Å². The molecule has 1 aliphatic heterocycles. The summed E-state index contributed by atoms with van der Waals surface area (Å²) in [5.41, 5.74) is 1.30. The molecule has 6 nitrogen and oxygen atoms in total. The summed E-state index contributed by atoms with van der Waals surface area (Å²) in [5, 5.41) is 3.44. The van der Waals surface area contributed by atoms with Gasteiger partial charge in [0.1, 0.15) is 5.75 Å². The van der Waals surface area contributed by atoms with Crippen molar-refractivity contribution in [3.63, 3.8) is 0 Å². The van der Waals surface area contributed by atoms with Crippen molar-refractivity contribution in [2.75, 3.05) is 53.6 Å². The first-order valence-corrected chi connectivity index (χ1v) is 10.5. The fraction of sp³-hybridized carbons (Fsp3) is 0.682. The molecule has 1 fully saturated rings. The van der Waals surface area contributed by atoms with E-state index in [1.807, 2.05) is 12.1 Å². The molecule has 1 N–H and O–H groups in total. The minimum Gasteiger partial charge on any atom is -0.497 e. The van der Waals surface area contributed by atoms with Gasteiger partial charge in [0.2, 0.25) is 0 Å². The second-order valence-corrected chi connectivity index (χ2v) is 7.09. The van der Waals surface area contributed by atoms with Crippen molar-refractivity contribution >= 4 is 5.96 Å². The number of nitrogens with zero attached hydrogens (tertiary/aromatic N) is 2. The van der Waals surface area contributed by atoms with Crippen molar-refractivity contribution in [2.24, 2.45) is 4.99 Å². The highest BCUT2D eigenvalue weighted by Gasteiger charge is 2.21. The molecular formula is C22H37N3O3. The maximum absolute atomic E-state index is 5.96. The number of nitrogens with one attached hydrogen (secondary N) is 1. The smallest absolute Gasteiger partial charge is 0.193 e. The minimum absolute atomic E-state index is 0.365. The highest BCUT2D eigenvalue weighted by molar-refractivity contribution is 5.80. The van der Waals surface area contributed by atoms with Gasteiger partial charge in [-0.05, 0) is 56.7 Å². The Morgan fingerprint density at radius 3 is 2.71 bits per heavy atom. The van der Waals surface area contributed by atoms with Gasteiger partial charge in [0.05, 0.1) is 13.2 Å². The molecular weight excluding hydrogens is 354 g/mol. The number of aliphatic imine (C=N–C) groups is 1. The van der Waals surface area contributed by atoms with Crippen LogP contribution in [0.2, 0.25) is 0 Å². The number of likely N-dealkylation sites (tertiary alicyclic amines) is 1. The predicted molar refractivity (Wildman–Crippen MR) is 114 cm³/mol. The van der Waals surface area contributed by atoms with E-state index < -0.39 is 0 Å². The molecule has 0 radical (unpaired) electrons. The summed E-state index contributed by atoms with van der Waals surface area (Å²) in [6.45, 7) is 7.39. The van der Waals surface area contributed by atoms with E-state index in [1.165, 1.54) is 5.56 Å². The zero-order valence-electron chi connectivity index (χ0n) is 17.8. The number of benzene rings is 1. The fourth-order valence-electron chi connectivity index (χ4n) is 3.41. The molecule has 6 heteroatoms. The van der Waals surface area contributed by atoms with E-state index in [-0.39, 0.29) is 0 Å². The molecule has 1 aliphatic rings. The van der Waals surface area contributed by atoms with Gasteiger partial charge in [-0.2, -0.15) is 0 Å². The third-order valence-corrected chi connectivity index (χ3v) is 4.94. The van der Waals surface area contributed by atoms with Crippen molar-refractivity contribution in [1.29, 1.82) is 0 Å². The monoisotopic (exact) mass is 391 g/mol. The van der Waals surface area contributed by atoms with E-state index in [4.69, 9.17) is 19.2 Å². The Kier molecular flexibility index (Phi) is 10.8. The molecule has 28 heavy (non-hydrogen) atoms. The second kappa shape index (κ2) is 13.4. The largest absolute Gasteiger partial charge is 0.497 e. The Bertz CT molecular complexity index is 572. The number of guanidine groups is 1.